The third kappa shape index (κ3) is 2.68. The van der Waals surface area contributed by atoms with Crippen molar-refractivity contribution in [2.75, 3.05) is 25.6 Å². The number of anilines is 1. The van der Waals surface area contributed by atoms with Crippen molar-refractivity contribution in [1.29, 1.82) is 0 Å². The van der Waals surface area contributed by atoms with E-state index in [2.05, 4.69) is 4.98 Å². The molecule has 6 heteroatoms. The van der Waals surface area contributed by atoms with E-state index in [1.165, 1.54) is 4.57 Å². The Morgan fingerprint density at radius 2 is 2.05 bits per heavy atom. The highest BCUT2D eigenvalue weighted by Crippen LogP contribution is 2.23. The Morgan fingerprint density at radius 3 is 2.73 bits per heavy atom. The van der Waals surface area contributed by atoms with Gasteiger partial charge in [0.1, 0.15) is 11.6 Å². The van der Waals surface area contributed by atoms with Gasteiger partial charge < -0.3 is 9.64 Å². The summed E-state index contributed by atoms with van der Waals surface area (Å²) >= 11 is 6.24. The molecule has 1 aromatic carbocycles. The molecule has 0 aliphatic carbocycles. The van der Waals surface area contributed by atoms with Crippen LogP contribution in [0.1, 0.15) is 17.5 Å². The minimum absolute atomic E-state index is 0.0441. The topological polar surface area (TPSA) is 47.4 Å². The van der Waals surface area contributed by atoms with Gasteiger partial charge in [0.05, 0.1) is 19.2 Å². The highest BCUT2D eigenvalue weighted by Gasteiger charge is 2.21. The summed E-state index contributed by atoms with van der Waals surface area (Å²) in [5.74, 6) is 1.50. The van der Waals surface area contributed by atoms with E-state index in [1.807, 2.05) is 36.2 Å². The average molecular weight is 320 g/mol. The molecule has 0 saturated carbocycles. The molecule has 3 rings (SSSR count). The summed E-state index contributed by atoms with van der Waals surface area (Å²) in [4.78, 5) is 19.1. The fourth-order valence-corrected chi connectivity index (χ4v) is 2.96. The van der Waals surface area contributed by atoms with Crippen LogP contribution in [0.15, 0.2) is 29.1 Å². The molecule has 0 fully saturated rings. The molecule has 0 atom stereocenters. The van der Waals surface area contributed by atoms with E-state index >= 15 is 0 Å². The summed E-state index contributed by atoms with van der Waals surface area (Å²) in [5, 5.41) is 0.230. The minimum atomic E-state index is -0.0441. The van der Waals surface area contributed by atoms with Crippen molar-refractivity contribution < 1.29 is 4.74 Å². The van der Waals surface area contributed by atoms with Crippen LogP contribution >= 0.6 is 11.6 Å². The SMILES string of the molecule is COc1ccc(Cn2c(Cl)nc3c(c2=O)CCCN3C)cc1. The number of hydrogen-bond donors (Lipinski definition) is 0. The third-order valence-corrected chi connectivity index (χ3v) is 4.26. The number of ether oxygens (including phenoxy) is 1. The fourth-order valence-electron chi connectivity index (χ4n) is 2.74. The molecule has 116 valence electrons. The van der Waals surface area contributed by atoms with E-state index in [0.29, 0.717) is 12.4 Å². The van der Waals surface area contributed by atoms with Gasteiger partial charge in [-0.15, -0.1) is 0 Å². The maximum atomic E-state index is 12.7. The maximum absolute atomic E-state index is 12.7. The van der Waals surface area contributed by atoms with Gasteiger partial charge in [0.25, 0.3) is 5.56 Å². The Balaban J connectivity index is 1.98. The normalized spacial score (nSPS) is 13.9. The molecule has 1 aromatic heterocycles. The molecule has 0 unspecified atom stereocenters. The zero-order valence-corrected chi connectivity index (χ0v) is 13.4. The van der Waals surface area contributed by atoms with Crippen LogP contribution in [0.3, 0.4) is 0 Å². The summed E-state index contributed by atoms with van der Waals surface area (Å²) < 4.78 is 6.67. The van der Waals surface area contributed by atoms with E-state index in [4.69, 9.17) is 16.3 Å². The summed E-state index contributed by atoms with van der Waals surface area (Å²) in [6, 6.07) is 7.59. The van der Waals surface area contributed by atoms with Gasteiger partial charge in [-0.25, -0.2) is 4.98 Å². The zero-order chi connectivity index (χ0) is 15.7. The van der Waals surface area contributed by atoms with E-state index in [1.54, 1.807) is 7.11 Å². The second kappa shape index (κ2) is 6.01. The fraction of sp³-hybridized carbons (Fsp3) is 0.375. The van der Waals surface area contributed by atoms with Gasteiger partial charge in [-0.05, 0) is 42.1 Å². The Bertz CT molecular complexity index is 740. The van der Waals surface area contributed by atoms with E-state index in [0.717, 1.165) is 36.3 Å². The first-order valence-corrected chi connectivity index (χ1v) is 7.61. The van der Waals surface area contributed by atoms with Crippen LogP contribution in [0, 0.1) is 0 Å². The van der Waals surface area contributed by atoms with E-state index in [9.17, 15) is 4.79 Å². The predicted molar refractivity (Wildman–Crippen MR) is 87.2 cm³/mol. The molecule has 5 nitrogen and oxygen atoms in total. The van der Waals surface area contributed by atoms with Gasteiger partial charge >= 0.3 is 0 Å². The lowest BCUT2D eigenvalue weighted by Crippen LogP contribution is -2.35. The standard InChI is InChI=1S/C16H18ClN3O2/c1-19-9-3-4-13-14(19)18-16(17)20(15(13)21)10-11-5-7-12(22-2)8-6-11/h5-8H,3-4,9-10H2,1-2H3. The second-order valence-corrected chi connectivity index (χ2v) is 5.79. The smallest absolute Gasteiger partial charge is 0.260 e. The van der Waals surface area contributed by atoms with E-state index < -0.39 is 0 Å². The molecule has 0 saturated heterocycles. The first kappa shape index (κ1) is 14.9. The number of benzene rings is 1. The van der Waals surface area contributed by atoms with Crippen LogP contribution in [0.5, 0.6) is 5.75 Å². The lowest BCUT2D eigenvalue weighted by molar-refractivity contribution is 0.414. The maximum Gasteiger partial charge on any atom is 0.260 e. The Morgan fingerprint density at radius 1 is 1.32 bits per heavy atom. The zero-order valence-electron chi connectivity index (χ0n) is 12.7. The van der Waals surface area contributed by atoms with Crippen LogP contribution in [-0.2, 0) is 13.0 Å². The lowest BCUT2D eigenvalue weighted by Gasteiger charge is -2.26. The number of fused-ring (bicyclic) bond motifs is 1. The number of halogens is 1. The van der Waals surface area contributed by atoms with Crippen LogP contribution < -0.4 is 15.2 Å². The van der Waals surface area contributed by atoms with Gasteiger partial charge in [-0.3, -0.25) is 9.36 Å². The van der Waals surface area contributed by atoms with Gasteiger partial charge in [0.15, 0.2) is 0 Å². The molecule has 0 spiro atoms. The van der Waals surface area contributed by atoms with Crippen molar-refractivity contribution in [1.82, 2.24) is 9.55 Å². The predicted octanol–water partition coefficient (Wildman–Crippen LogP) is 2.34. The summed E-state index contributed by atoms with van der Waals surface area (Å²) in [7, 11) is 3.56. The Hall–Kier alpha value is -2.01. The van der Waals surface area contributed by atoms with Gasteiger partial charge in [0, 0.05) is 13.6 Å². The number of rotatable bonds is 3. The highest BCUT2D eigenvalue weighted by atomic mass is 35.5. The lowest BCUT2D eigenvalue weighted by atomic mass is 10.1. The van der Waals surface area contributed by atoms with Crippen LogP contribution in [0.25, 0.3) is 0 Å². The molecule has 0 amide bonds. The average Bonchev–Trinajstić information content (AvgIpc) is 2.53. The van der Waals surface area contributed by atoms with Gasteiger partial charge in [-0.1, -0.05) is 12.1 Å². The molecule has 0 N–H and O–H groups in total. The first-order valence-electron chi connectivity index (χ1n) is 7.23. The third-order valence-electron chi connectivity index (χ3n) is 3.98. The largest absolute Gasteiger partial charge is 0.497 e. The molecule has 0 radical (unpaired) electrons. The molecular formula is C16H18ClN3O2. The molecule has 2 aromatic rings. The Kier molecular flexibility index (Phi) is 4.07. The van der Waals surface area contributed by atoms with E-state index in [-0.39, 0.29) is 10.8 Å². The number of nitrogens with zero attached hydrogens (tertiary/aromatic N) is 3. The Labute approximate surface area is 134 Å². The van der Waals surface area contributed by atoms with Crippen LogP contribution in [-0.4, -0.2) is 30.3 Å². The van der Waals surface area contributed by atoms with Crippen molar-refractivity contribution >= 4 is 17.4 Å². The molecule has 0 bridgehead atoms. The van der Waals surface area contributed by atoms with Crippen molar-refractivity contribution in [3.63, 3.8) is 0 Å². The first-order chi connectivity index (χ1) is 10.6. The number of hydrogen-bond acceptors (Lipinski definition) is 4. The molecule has 1 aliphatic rings. The summed E-state index contributed by atoms with van der Waals surface area (Å²) in [6.07, 6.45) is 1.72. The molecule has 1 aliphatic heterocycles. The van der Waals surface area contributed by atoms with Crippen molar-refractivity contribution in [3.8, 4) is 5.75 Å². The molecule has 2 heterocycles. The van der Waals surface area contributed by atoms with Crippen LogP contribution in [0.2, 0.25) is 5.28 Å². The minimum Gasteiger partial charge on any atom is -0.497 e. The summed E-state index contributed by atoms with van der Waals surface area (Å²) in [6.45, 7) is 1.31. The second-order valence-electron chi connectivity index (χ2n) is 5.45. The number of aromatic nitrogens is 2. The van der Waals surface area contributed by atoms with Gasteiger partial charge in [-0.2, -0.15) is 0 Å². The summed E-state index contributed by atoms with van der Waals surface area (Å²) in [5.41, 5.74) is 1.69. The highest BCUT2D eigenvalue weighted by molar-refractivity contribution is 6.28. The van der Waals surface area contributed by atoms with Crippen molar-refractivity contribution in [3.05, 3.63) is 51.0 Å². The molecule has 22 heavy (non-hydrogen) atoms. The monoisotopic (exact) mass is 319 g/mol. The number of methoxy groups -OCH3 is 1. The molecular weight excluding hydrogens is 302 g/mol. The quantitative estimate of drug-likeness (QED) is 0.815. The van der Waals surface area contributed by atoms with Crippen LogP contribution in [0.4, 0.5) is 5.82 Å². The van der Waals surface area contributed by atoms with Gasteiger partial charge in [0.2, 0.25) is 5.28 Å². The van der Waals surface area contributed by atoms with Crippen molar-refractivity contribution in [2.45, 2.75) is 19.4 Å². The van der Waals surface area contributed by atoms with Crippen molar-refractivity contribution in [2.24, 2.45) is 0 Å².